The summed E-state index contributed by atoms with van der Waals surface area (Å²) in [5.74, 6) is 4.00. The van der Waals surface area contributed by atoms with Crippen molar-refractivity contribution in [2.75, 3.05) is 13.1 Å². The van der Waals surface area contributed by atoms with E-state index in [1.165, 1.54) is 51.6 Å². The van der Waals surface area contributed by atoms with Crippen molar-refractivity contribution in [3.63, 3.8) is 0 Å². The van der Waals surface area contributed by atoms with E-state index < -0.39 is 0 Å². The van der Waals surface area contributed by atoms with E-state index in [0.29, 0.717) is 0 Å². The predicted octanol–water partition coefficient (Wildman–Crippen LogP) is 3.45. The average molecular weight is 209 g/mol. The Morgan fingerprint density at radius 2 is 1.80 bits per heavy atom. The highest BCUT2D eigenvalue weighted by atomic mass is 14.9. The van der Waals surface area contributed by atoms with Gasteiger partial charge in [-0.3, -0.25) is 0 Å². The molecule has 0 heterocycles. The Morgan fingerprint density at radius 1 is 1.07 bits per heavy atom. The zero-order chi connectivity index (χ0) is 10.7. The molecule has 0 aliphatic heterocycles. The van der Waals surface area contributed by atoms with Crippen molar-refractivity contribution in [2.24, 2.45) is 23.7 Å². The molecule has 2 aliphatic rings. The van der Waals surface area contributed by atoms with Gasteiger partial charge in [-0.2, -0.15) is 0 Å². The molecule has 1 N–H and O–H groups in total. The van der Waals surface area contributed by atoms with Gasteiger partial charge in [0.15, 0.2) is 0 Å². The number of rotatable bonds is 5. The fourth-order valence-electron chi connectivity index (χ4n) is 3.36. The molecule has 2 unspecified atom stereocenters. The molecule has 0 aromatic rings. The maximum atomic E-state index is 3.66. The van der Waals surface area contributed by atoms with Gasteiger partial charge in [0.25, 0.3) is 0 Å². The second-order valence-corrected chi connectivity index (χ2v) is 6.10. The summed E-state index contributed by atoms with van der Waals surface area (Å²) < 4.78 is 0. The van der Waals surface area contributed by atoms with Crippen molar-refractivity contribution in [2.45, 2.75) is 52.4 Å². The van der Waals surface area contributed by atoms with Crippen molar-refractivity contribution in [3.05, 3.63) is 0 Å². The van der Waals surface area contributed by atoms with Gasteiger partial charge in [0, 0.05) is 0 Å². The number of nitrogens with one attached hydrogen (secondary N) is 1. The lowest BCUT2D eigenvalue weighted by Gasteiger charge is -2.35. The molecule has 0 aromatic heterocycles. The summed E-state index contributed by atoms with van der Waals surface area (Å²) in [6, 6.07) is 0. The Bertz CT molecular complexity index is 184. The molecule has 0 amide bonds. The molecule has 88 valence electrons. The highest BCUT2D eigenvalue weighted by Gasteiger charge is 2.35. The summed E-state index contributed by atoms with van der Waals surface area (Å²) in [6.07, 6.45) is 9.09. The van der Waals surface area contributed by atoms with Gasteiger partial charge in [-0.25, -0.2) is 0 Å². The third kappa shape index (κ3) is 2.96. The third-order valence-electron chi connectivity index (χ3n) is 4.43. The summed E-state index contributed by atoms with van der Waals surface area (Å²) in [4.78, 5) is 0. The van der Waals surface area contributed by atoms with Crippen molar-refractivity contribution < 1.29 is 0 Å². The first-order valence-corrected chi connectivity index (χ1v) is 6.98. The van der Waals surface area contributed by atoms with Crippen LogP contribution in [0.1, 0.15) is 52.4 Å². The van der Waals surface area contributed by atoms with E-state index in [2.05, 4.69) is 19.2 Å². The van der Waals surface area contributed by atoms with Crippen LogP contribution < -0.4 is 5.32 Å². The van der Waals surface area contributed by atoms with Gasteiger partial charge >= 0.3 is 0 Å². The second-order valence-electron chi connectivity index (χ2n) is 6.10. The highest BCUT2D eigenvalue weighted by molar-refractivity contribution is 4.87. The SMILES string of the molecule is CC(C)CNCC1CCCC1C1CCC1. The Hall–Kier alpha value is -0.0400. The normalized spacial score (nSPS) is 32.2. The van der Waals surface area contributed by atoms with E-state index in [1.54, 1.807) is 0 Å². The van der Waals surface area contributed by atoms with Crippen molar-refractivity contribution in [3.8, 4) is 0 Å². The van der Waals surface area contributed by atoms with Crippen LogP contribution >= 0.6 is 0 Å². The van der Waals surface area contributed by atoms with Crippen LogP contribution in [0.3, 0.4) is 0 Å². The summed E-state index contributed by atoms with van der Waals surface area (Å²) in [5.41, 5.74) is 0. The predicted molar refractivity (Wildman–Crippen MR) is 65.9 cm³/mol. The zero-order valence-corrected chi connectivity index (χ0v) is 10.5. The van der Waals surface area contributed by atoms with Crippen LogP contribution in [0.25, 0.3) is 0 Å². The summed E-state index contributed by atoms with van der Waals surface area (Å²) in [7, 11) is 0. The highest BCUT2D eigenvalue weighted by Crippen LogP contribution is 2.45. The Morgan fingerprint density at radius 3 is 2.40 bits per heavy atom. The molecule has 0 aromatic carbocycles. The van der Waals surface area contributed by atoms with Crippen molar-refractivity contribution >= 4 is 0 Å². The lowest BCUT2D eigenvalue weighted by atomic mass is 9.72. The molecule has 1 heteroatoms. The molecule has 2 rings (SSSR count). The Labute approximate surface area is 95.0 Å². The first-order chi connectivity index (χ1) is 7.27. The standard InChI is InChI=1S/C14H27N/c1-11(2)9-15-10-13-7-4-8-14(13)12-5-3-6-12/h11-15H,3-10H2,1-2H3. The number of hydrogen-bond acceptors (Lipinski definition) is 1. The van der Waals surface area contributed by atoms with Gasteiger partial charge in [0.05, 0.1) is 0 Å². The summed E-state index contributed by atoms with van der Waals surface area (Å²) >= 11 is 0. The first kappa shape index (κ1) is 11.4. The lowest BCUT2D eigenvalue weighted by molar-refractivity contribution is 0.163. The molecular formula is C14H27N. The maximum absolute atomic E-state index is 3.66. The van der Waals surface area contributed by atoms with Gasteiger partial charge in [0.1, 0.15) is 0 Å². The summed E-state index contributed by atoms with van der Waals surface area (Å²) in [6.45, 7) is 7.09. The number of hydrogen-bond donors (Lipinski definition) is 1. The van der Waals surface area contributed by atoms with Crippen LogP contribution in [0.4, 0.5) is 0 Å². The fraction of sp³-hybridized carbons (Fsp3) is 1.00. The molecule has 0 saturated heterocycles. The topological polar surface area (TPSA) is 12.0 Å². The van der Waals surface area contributed by atoms with Gasteiger partial charge < -0.3 is 5.32 Å². The minimum absolute atomic E-state index is 0.800. The minimum atomic E-state index is 0.800. The third-order valence-corrected chi connectivity index (χ3v) is 4.43. The molecule has 0 spiro atoms. The van der Waals surface area contributed by atoms with E-state index in [9.17, 15) is 0 Å². The van der Waals surface area contributed by atoms with Crippen LogP contribution in [-0.2, 0) is 0 Å². The van der Waals surface area contributed by atoms with Crippen molar-refractivity contribution in [1.29, 1.82) is 0 Å². The molecule has 0 radical (unpaired) electrons. The first-order valence-electron chi connectivity index (χ1n) is 6.98. The fourth-order valence-corrected chi connectivity index (χ4v) is 3.36. The maximum Gasteiger partial charge on any atom is -0.00177 e. The van der Waals surface area contributed by atoms with E-state index in [-0.39, 0.29) is 0 Å². The van der Waals surface area contributed by atoms with Crippen LogP contribution in [-0.4, -0.2) is 13.1 Å². The van der Waals surface area contributed by atoms with Gasteiger partial charge in [-0.1, -0.05) is 39.5 Å². The molecule has 15 heavy (non-hydrogen) atoms. The lowest BCUT2D eigenvalue weighted by Crippen LogP contribution is -2.33. The monoisotopic (exact) mass is 209 g/mol. The largest absolute Gasteiger partial charge is 0.316 e. The minimum Gasteiger partial charge on any atom is -0.316 e. The smallest absolute Gasteiger partial charge is 0.00177 e. The van der Waals surface area contributed by atoms with E-state index in [4.69, 9.17) is 0 Å². The van der Waals surface area contributed by atoms with Crippen LogP contribution in [0.2, 0.25) is 0 Å². The van der Waals surface area contributed by atoms with E-state index in [1.807, 2.05) is 0 Å². The van der Waals surface area contributed by atoms with Gasteiger partial charge in [-0.05, 0) is 49.6 Å². The molecular weight excluding hydrogens is 182 g/mol. The quantitative estimate of drug-likeness (QED) is 0.731. The van der Waals surface area contributed by atoms with Crippen molar-refractivity contribution in [1.82, 2.24) is 5.32 Å². The molecule has 2 atom stereocenters. The van der Waals surface area contributed by atoms with E-state index >= 15 is 0 Å². The Balaban J connectivity index is 1.70. The molecule has 1 nitrogen and oxygen atoms in total. The summed E-state index contributed by atoms with van der Waals surface area (Å²) in [5, 5.41) is 3.66. The second kappa shape index (κ2) is 5.34. The van der Waals surface area contributed by atoms with Crippen LogP contribution in [0, 0.1) is 23.7 Å². The van der Waals surface area contributed by atoms with Gasteiger partial charge in [-0.15, -0.1) is 0 Å². The molecule has 0 bridgehead atoms. The average Bonchev–Trinajstić information content (AvgIpc) is 2.50. The van der Waals surface area contributed by atoms with E-state index in [0.717, 1.165) is 23.7 Å². The van der Waals surface area contributed by atoms with Gasteiger partial charge in [0.2, 0.25) is 0 Å². The molecule has 2 fully saturated rings. The van der Waals surface area contributed by atoms with Crippen LogP contribution in [0.15, 0.2) is 0 Å². The van der Waals surface area contributed by atoms with Crippen LogP contribution in [0.5, 0.6) is 0 Å². The zero-order valence-electron chi connectivity index (χ0n) is 10.5. The Kier molecular flexibility index (Phi) is 4.07. The molecule has 2 aliphatic carbocycles. The molecule has 2 saturated carbocycles.